The summed E-state index contributed by atoms with van der Waals surface area (Å²) in [5, 5.41) is 4.64. The summed E-state index contributed by atoms with van der Waals surface area (Å²) in [4.78, 5) is 2.67. The van der Waals surface area contributed by atoms with Gasteiger partial charge in [-0.15, -0.1) is 5.10 Å². The lowest BCUT2D eigenvalue weighted by molar-refractivity contribution is 0.187. The van der Waals surface area contributed by atoms with Crippen molar-refractivity contribution in [1.29, 1.82) is 0 Å². The number of aromatic nitrogens is 2. The van der Waals surface area contributed by atoms with Crippen molar-refractivity contribution >= 4 is 12.2 Å². The van der Waals surface area contributed by atoms with E-state index in [-0.39, 0.29) is 0 Å². The quantitative estimate of drug-likeness (QED) is 0.451. The Kier molecular flexibility index (Phi) is 6.66. The van der Waals surface area contributed by atoms with Gasteiger partial charge in [0.15, 0.2) is 11.5 Å². The van der Waals surface area contributed by atoms with E-state index in [1.807, 2.05) is 12.1 Å². The number of nitrogens with zero attached hydrogens (tertiary/aromatic N) is 3. The largest absolute Gasteiger partial charge is 0.497 e. The van der Waals surface area contributed by atoms with Crippen molar-refractivity contribution < 1.29 is 23.4 Å². The summed E-state index contributed by atoms with van der Waals surface area (Å²) < 4.78 is 29.1. The van der Waals surface area contributed by atoms with Crippen molar-refractivity contribution in [2.24, 2.45) is 0 Å². The van der Waals surface area contributed by atoms with Gasteiger partial charge in [-0.25, -0.2) is 4.68 Å². The van der Waals surface area contributed by atoms with Crippen LogP contribution in [0.2, 0.25) is 0 Å². The molecule has 1 aliphatic rings. The smallest absolute Gasteiger partial charge is 0.288 e. The highest BCUT2D eigenvalue weighted by atomic mass is 32.1. The number of methoxy groups -OCH3 is 4. The molecule has 0 bridgehead atoms. The zero-order valence-electron chi connectivity index (χ0n) is 18.7. The predicted molar refractivity (Wildman–Crippen MR) is 122 cm³/mol. The molecule has 1 fully saturated rings. The van der Waals surface area contributed by atoms with Crippen molar-refractivity contribution in [1.82, 2.24) is 14.7 Å². The van der Waals surface area contributed by atoms with Crippen LogP contribution in [0.5, 0.6) is 23.0 Å². The maximum absolute atomic E-state index is 5.83. The molecule has 0 aliphatic carbocycles. The Morgan fingerprint density at radius 1 is 1.00 bits per heavy atom. The third kappa shape index (κ3) is 4.31. The molecule has 170 valence electrons. The number of hydrogen-bond donors (Lipinski definition) is 0. The Morgan fingerprint density at radius 3 is 2.28 bits per heavy atom. The zero-order valence-corrected chi connectivity index (χ0v) is 19.5. The minimum Gasteiger partial charge on any atom is -0.497 e. The van der Waals surface area contributed by atoms with E-state index < -0.39 is 0 Å². The molecule has 2 heterocycles. The molecule has 0 spiro atoms. The molecule has 0 unspecified atom stereocenters. The molecule has 8 nitrogen and oxygen atoms in total. The fourth-order valence-electron chi connectivity index (χ4n) is 4.09. The van der Waals surface area contributed by atoms with Crippen molar-refractivity contribution in [3.05, 3.63) is 46.8 Å². The first-order valence-corrected chi connectivity index (χ1v) is 10.7. The van der Waals surface area contributed by atoms with E-state index in [1.54, 1.807) is 45.3 Å². The van der Waals surface area contributed by atoms with Crippen LogP contribution in [0.4, 0.5) is 0 Å². The predicted octanol–water partition coefficient (Wildman–Crippen LogP) is 4.70. The molecule has 0 N–H and O–H groups in total. The number of rotatable bonds is 8. The van der Waals surface area contributed by atoms with Gasteiger partial charge in [-0.1, -0.05) is 12.1 Å². The van der Waals surface area contributed by atoms with Crippen LogP contribution in [0, 0.1) is 4.84 Å². The molecule has 0 saturated carbocycles. The number of benzene rings is 2. The lowest BCUT2D eigenvalue weighted by Gasteiger charge is -2.24. The maximum Gasteiger partial charge on any atom is 0.288 e. The maximum atomic E-state index is 5.83. The fourth-order valence-corrected chi connectivity index (χ4v) is 4.27. The van der Waals surface area contributed by atoms with Gasteiger partial charge >= 0.3 is 0 Å². The molecule has 9 heteroatoms. The third-order valence-corrected chi connectivity index (χ3v) is 5.99. The highest BCUT2D eigenvalue weighted by Gasteiger charge is 2.27. The number of ether oxygens (including phenoxy) is 4. The first-order chi connectivity index (χ1) is 15.6. The second kappa shape index (κ2) is 9.62. The Labute approximate surface area is 192 Å². The number of hydrogen-bond acceptors (Lipinski definition) is 8. The lowest BCUT2D eigenvalue weighted by Crippen LogP contribution is -2.26. The second-order valence-electron chi connectivity index (χ2n) is 7.47. The molecular formula is C23H27N3O5S. The van der Waals surface area contributed by atoms with Crippen molar-refractivity contribution in [3.8, 4) is 34.5 Å². The van der Waals surface area contributed by atoms with Gasteiger partial charge in [0, 0.05) is 18.2 Å². The van der Waals surface area contributed by atoms with Gasteiger partial charge in [0.1, 0.15) is 5.75 Å². The van der Waals surface area contributed by atoms with Crippen LogP contribution >= 0.6 is 12.2 Å². The van der Waals surface area contributed by atoms with Gasteiger partial charge < -0.3 is 23.4 Å². The summed E-state index contributed by atoms with van der Waals surface area (Å²) >= 11 is 5.47. The van der Waals surface area contributed by atoms with Gasteiger partial charge in [0.05, 0.1) is 35.1 Å². The summed E-state index contributed by atoms with van der Waals surface area (Å²) in [6.07, 6.45) is 2.19. The van der Waals surface area contributed by atoms with Crippen molar-refractivity contribution in [2.45, 2.75) is 25.6 Å². The normalized spacial score (nSPS) is 16.2. The highest BCUT2D eigenvalue weighted by molar-refractivity contribution is 7.71. The average molecular weight is 458 g/mol. The Morgan fingerprint density at radius 2 is 1.69 bits per heavy atom. The third-order valence-electron chi connectivity index (χ3n) is 5.70. The molecule has 1 saturated heterocycles. The molecule has 0 amide bonds. The summed E-state index contributed by atoms with van der Waals surface area (Å²) in [6, 6.07) is 12.1. The highest BCUT2D eigenvalue weighted by Crippen LogP contribution is 2.41. The Bertz CT molecular complexity index is 1100. The van der Waals surface area contributed by atoms with E-state index in [4.69, 9.17) is 35.6 Å². The first kappa shape index (κ1) is 22.2. The molecule has 2 aromatic carbocycles. The van der Waals surface area contributed by atoms with Gasteiger partial charge in [0.2, 0.25) is 11.6 Å². The van der Waals surface area contributed by atoms with Crippen LogP contribution in [0.15, 0.2) is 40.8 Å². The van der Waals surface area contributed by atoms with Crippen molar-refractivity contribution in [2.75, 3.05) is 35.0 Å². The average Bonchev–Trinajstić information content (AvgIpc) is 3.44. The molecule has 1 aromatic heterocycles. The van der Waals surface area contributed by atoms with Gasteiger partial charge in [0.25, 0.3) is 4.84 Å². The zero-order chi connectivity index (χ0) is 22.7. The first-order valence-electron chi connectivity index (χ1n) is 10.3. The van der Waals surface area contributed by atoms with Gasteiger partial charge in [-0.3, -0.25) is 4.90 Å². The molecule has 1 aliphatic heterocycles. The van der Waals surface area contributed by atoms with E-state index in [0.717, 1.165) is 25.1 Å². The van der Waals surface area contributed by atoms with Crippen LogP contribution < -0.4 is 18.9 Å². The van der Waals surface area contributed by atoms with E-state index in [0.29, 0.717) is 46.3 Å². The van der Waals surface area contributed by atoms with Crippen LogP contribution in [-0.4, -0.2) is 49.7 Å². The second-order valence-corrected chi connectivity index (χ2v) is 7.82. The van der Waals surface area contributed by atoms with E-state index >= 15 is 0 Å². The molecule has 3 aromatic rings. The Balaban J connectivity index is 1.59. The van der Waals surface area contributed by atoms with Crippen LogP contribution in [0.3, 0.4) is 0 Å². The topological polar surface area (TPSA) is 71.1 Å². The minimum atomic E-state index is 0.295. The molecule has 4 rings (SSSR count). The van der Waals surface area contributed by atoms with E-state index in [1.165, 1.54) is 5.56 Å². The van der Waals surface area contributed by atoms with E-state index in [2.05, 4.69) is 22.1 Å². The van der Waals surface area contributed by atoms with Crippen LogP contribution in [0.25, 0.3) is 11.5 Å². The monoisotopic (exact) mass is 457 g/mol. The number of likely N-dealkylation sites (tertiary alicyclic amines) is 1. The van der Waals surface area contributed by atoms with Crippen LogP contribution in [-0.2, 0) is 6.67 Å². The molecule has 1 atom stereocenters. The lowest BCUT2D eigenvalue weighted by atomic mass is 10.0. The minimum absolute atomic E-state index is 0.295. The molecule has 32 heavy (non-hydrogen) atoms. The molecular weight excluding hydrogens is 430 g/mol. The summed E-state index contributed by atoms with van der Waals surface area (Å²) in [6.45, 7) is 1.51. The summed E-state index contributed by atoms with van der Waals surface area (Å²) in [5.41, 5.74) is 1.95. The van der Waals surface area contributed by atoms with Crippen LogP contribution in [0.1, 0.15) is 24.4 Å². The fraction of sp³-hybridized carbons (Fsp3) is 0.391. The van der Waals surface area contributed by atoms with Gasteiger partial charge in [-0.05, 0) is 54.9 Å². The summed E-state index contributed by atoms with van der Waals surface area (Å²) in [5.74, 6) is 2.81. The standard InChI is InChI=1S/C23H27N3O5S/c1-27-17-9-7-15(8-10-17)18-6-5-11-25(18)14-26-23(32)31-22(24-26)16-12-19(28-2)21(30-4)20(13-16)29-3/h7-10,12-13,18H,5-6,11,14H2,1-4H3/t18-/m0/s1. The van der Waals surface area contributed by atoms with Gasteiger partial charge in [-0.2, -0.15) is 0 Å². The van der Waals surface area contributed by atoms with Crippen molar-refractivity contribution in [3.63, 3.8) is 0 Å². The van der Waals surface area contributed by atoms with E-state index in [9.17, 15) is 0 Å². The summed E-state index contributed by atoms with van der Waals surface area (Å²) in [7, 11) is 6.38. The SMILES string of the molecule is COc1ccc([C@@H]2CCCN2Cn2nc(-c3cc(OC)c(OC)c(OC)c3)oc2=S)cc1. The molecule has 0 radical (unpaired) electrons. The Hall–Kier alpha value is -3.04.